The lowest BCUT2D eigenvalue weighted by Gasteiger charge is -2.25. The number of hydrogen-bond donors (Lipinski definition) is 3. The number of Topliss-reactive ketones (excluding diaryl/α,β-unsaturated/α-hetero) is 1. The Morgan fingerprint density at radius 3 is 2.38 bits per heavy atom. The van der Waals surface area contributed by atoms with E-state index in [1.165, 1.54) is 18.2 Å². The van der Waals surface area contributed by atoms with Crippen molar-refractivity contribution in [2.75, 3.05) is 10.6 Å². The van der Waals surface area contributed by atoms with Gasteiger partial charge in [0.2, 0.25) is 5.91 Å². The summed E-state index contributed by atoms with van der Waals surface area (Å²) in [5.41, 5.74) is 0.877. The molecule has 0 spiro atoms. The van der Waals surface area contributed by atoms with Crippen LogP contribution < -0.4 is 15.4 Å². The Kier molecular flexibility index (Phi) is 7.75. The number of rotatable bonds is 8. The number of aromatic nitrogens is 2. The molecular formula is C29H27FN4O5. The van der Waals surface area contributed by atoms with Gasteiger partial charge < -0.3 is 19.7 Å². The number of anilines is 2. The first-order valence-electron chi connectivity index (χ1n) is 12.0. The lowest BCUT2D eigenvalue weighted by atomic mass is 10.0. The molecular weight excluding hydrogens is 503 g/mol. The number of imidazole rings is 1. The van der Waals surface area contributed by atoms with Crippen molar-refractivity contribution >= 4 is 29.2 Å². The van der Waals surface area contributed by atoms with Crippen molar-refractivity contribution < 1.29 is 28.6 Å². The summed E-state index contributed by atoms with van der Waals surface area (Å²) in [7, 11) is 0. The minimum Gasteiger partial charge on any atom is -0.487 e. The van der Waals surface area contributed by atoms with Crippen LogP contribution in [-0.2, 0) is 4.79 Å². The minimum absolute atomic E-state index is 0.00439. The number of nitrogens with one attached hydrogen (secondary N) is 2. The Balaban J connectivity index is 1.66. The van der Waals surface area contributed by atoms with Gasteiger partial charge in [0.1, 0.15) is 17.2 Å². The molecule has 0 fully saturated rings. The van der Waals surface area contributed by atoms with E-state index in [4.69, 9.17) is 4.74 Å². The molecule has 0 saturated carbocycles. The van der Waals surface area contributed by atoms with Crippen molar-refractivity contribution in [2.24, 2.45) is 0 Å². The molecule has 4 rings (SSSR count). The predicted octanol–water partition coefficient (Wildman–Crippen LogP) is 6.16. The molecule has 1 heterocycles. The Hall–Kier alpha value is -4.99. The van der Waals surface area contributed by atoms with Crippen molar-refractivity contribution in [3.05, 3.63) is 90.8 Å². The number of benzene rings is 3. The maximum absolute atomic E-state index is 14.8. The quantitative estimate of drug-likeness (QED) is 0.185. The summed E-state index contributed by atoms with van der Waals surface area (Å²) >= 11 is 0. The van der Waals surface area contributed by atoms with Crippen LogP contribution in [0.1, 0.15) is 37.6 Å². The van der Waals surface area contributed by atoms with Gasteiger partial charge in [-0.15, -0.1) is 0 Å². The number of carboxylic acid groups (broad SMARTS) is 1. The molecule has 0 aliphatic rings. The first kappa shape index (κ1) is 27.1. The van der Waals surface area contributed by atoms with Crippen molar-refractivity contribution in [3.63, 3.8) is 0 Å². The number of nitrogens with zero attached hydrogens (tertiary/aromatic N) is 2. The van der Waals surface area contributed by atoms with Gasteiger partial charge in [-0.1, -0.05) is 30.3 Å². The van der Waals surface area contributed by atoms with Gasteiger partial charge >= 0.3 is 6.09 Å². The summed E-state index contributed by atoms with van der Waals surface area (Å²) in [6.45, 7) is 5.39. The van der Waals surface area contributed by atoms with Gasteiger partial charge in [0, 0.05) is 40.8 Å². The van der Waals surface area contributed by atoms with Crippen molar-refractivity contribution in [1.29, 1.82) is 0 Å². The highest BCUT2D eigenvalue weighted by molar-refractivity contribution is 6.12. The van der Waals surface area contributed by atoms with Crippen LogP contribution in [0.15, 0.2) is 79.4 Å². The fourth-order valence-electron chi connectivity index (χ4n) is 3.90. The number of hydrogen-bond acceptors (Lipinski definition) is 5. The van der Waals surface area contributed by atoms with E-state index in [2.05, 4.69) is 15.6 Å². The Morgan fingerprint density at radius 1 is 0.974 bits per heavy atom. The largest absolute Gasteiger partial charge is 0.487 e. The zero-order chi connectivity index (χ0) is 28.2. The van der Waals surface area contributed by atoms with Crippen LogP contribution in [0.5, 0.6) is 5.75 Å². The highest BCUT2D eigenvalue weighted by Crippen LogP contribution is 2.40. The molecule has 0 bridgehead atoms. The summed E-state index contributed by atoms with van der Waals surface area (Å²) < 4.78 is 22.5. The third-order valence-electron chi connectivity index (χ3n) is 5.51. The van der Waals surface area contributed by atoms with Gasteiger partial charge in [0.25, 0.3) is 0 Å². The Bertz CT molecular complexity index is 1530. The van der Waals surface area contributed by atoms with Crippen LogP contribution in [0.25, 0.3) is 16.8 Å². The van der Waals surface area contributed by atoms with Gasteiger partial charge in [-0.3, -0.25) is 14.9 Å². The maximum atomic E-state index is 14.8. The highest BCUT2D eigenvalue weighted by atomic mass is 19.1. The van der Waals surface area contributed by atoms with Crippen molar-refractivity contribution in [1.82, 2.24) is 9.55 Å². The number of halogens is 1. The van der Waals surface area contributed by atoms with Crippen LogP contribution in [0.4, 0.5) is 20.6 Å². The first-order chi connectivity index (χ1) is 18.5. The molecule has 0 unspecified atom stereocenters. The summed E-state index contributed by atoms with van der Waals surface area (Å²) in [6.07, 6.45) is 3.05. The number of carbonyl (C=O) groups is 3. The maximum Gasteiger partial charge on any atom is 0.409 e. The second kappa shape index (κ2) is 11.2. The first-order valence-corrected chi connectivity index (χ1v) is 12.0. The van der Waals surface area contributed by atoms with Crippen LogP contribution >= 0.6 is 0 Å². The zero-order valence-electron chi connectivity index (χ0n) is 21.6. The van der Waals surface area contributed by atoms with Gasteiger partial charge in [-0.05, 0) is 45.0 Å². The highest BCUT2D eigenvalue weighted by Gasteiger charge is 2.22. The molecule has 0 saturated heterocycles. The number of ketones is 1. The molecule has 200 valence electrons. The van der Waals surface area contributed by atoms with Crippen molar-refractivity contribution in [2.45, 2.75) is 32.8 Å². The molecule has 0 aliphatic heterocycles. The van der Waals surface area contributed by atoms with Crippen LogP contribution in [-0.4, -0.2) is 38.0 Å². The van der Waals surface area contributed by atoms with Crippen LogP contribution in [0, 0.1) is 5.82 Å². The van der Waals surface area contributed by atoms with Crippen molar-refractivity contribution in [3.8, 4) is 22.6 Å². The number of carbonyl (C=O) groups excluding carboxylic acids is 2. The summed E-state index contributed by atoms with van der Waals surface area (Å²) in [5.74, 6) is -1.43. The van der Waals surface area contributed by atoms with Crippen LogP contribution in [0.2, 0.25) is 0 Å². The molecule has 0 atom stereocenters. The molecule has 39 heavy (non-hydrogen) atoms. The fraction of sp³-hybridized carbons (Fsp3) is 0.172. The minimum atomic E-state index is -1.38. The van der Waals surface area contributed by atoms with E-state index in [0.29, 0.717) is 16.8 Å². The van der Waals surface area contributed by atoms with E-state index in [1.54, 1.807) is 86.5 Å². The third kappa shape index (κ3) is 6.86. The van der Waals surface area contributed by atoms with Gasteiger partial charge in [0.15, 0.2) is 5.78 Å². The number of ether oxygens (including phenoxy) is 1. The Labute approximate surface area is 224 Å². The average Bonchev–Trinajstić information content (AvgIpc) is 3.40. The molecule has 2 amide bonds. The molecule has 10 heteroatoms. The molecule has 0 aliphatic carbocycles. The van der Waals surface area contributed by atoms with E-state index in [1.807, 2.05) is 0 Å². The lowest BCUT2D eigenvalue weighted by Crippen LogP contribution is -2.24. The average molecular weight is 531 g/mol. The van der Waals surface area contributed by atoms with Gasteiger partial charge in [-0.25, -0.2) is 14.2 Å². The smallest absolute Gasteiger partial charge is 0.409 e. The molecule has 9 nitrogen and oxygen atoms in total. The second-order valence-electron chi connectivity index (χ2n) is 9.69. The SMILES string of the molecule is CC(C)(C)Oc1cc(NC(=O)O)c(NC(=O)CC(=O)c2cccc(-n3ccnc3)c2)cc1-c1ccccc1F. The normalized spacial score (nSPS) is 11.1. The molecule has 1 aromatic heterocycles. The molecule has 4 aromatic rings. The number of amides is 2. The van der Waals surface area contributed by atoms with E-state index >= 15 is 0 Å². The van der Waals surface area contributed by atoms with Gasteiger partial charge in [0.05, 0.1) is 24.1 Å². The van der Waals surface area contributed by atoms with Gasteiger partial charge in [-0.2, -0.15) is 0 Å². The Morgan fingerprint density at radius 2 is 1.72 bits per heavy atom. The summed E-state index contributed by atoms with van der Waals surface area (Å²) in [4.78, 5) is 41.4. The standard InChI is InChI=1S/C29H27FN4O5/c1-29(2,3)39-26-15-24(33-28(37)38)23(14-21(26)20-9-4-5-10-22(20)30)32-27(36)16-25(35)18-7-6-8-19(13-18)34-12-11-31-17-34/h4-15,17,33H,16H2,1-3H3,(H,32,36)(H,37,38). The van der Waals surface area contributed by atoms with E-state index in [9.17, 15) is 23.9 Å². The fourth-order valence-corrected chi connectivity index (χ4v) is 3.90. The van der Waals surface area contributed by atoms with E-state index < -0.39 is 35.6 Å². The molecule has 3 aromatic carbocycles. The van der Waals surface area contributed by atoms with E-state index in [0.717, 1.165) is 0 Å². The third-order valence-corrected chi connectivity index (χ3v) is 5.51. The summed E-state index contributed by atoms with van der Waals surface area (Å²) in [6, 6.07) is 15.6. The van der Waals surface area contributed by atoms with E-state index in [-0.39, 0.29) is 22.7 Å². The monoisotopic (exact) mass is 530 g/mol. The lowest BCUT2D eigenvalue weighted by molar-refractivity contribution is -0.115. The zero-order valence-corrected chi connectivity index (χ0v) is 21.6. The van der Waals surface area contributed by atoms with Crippen LogP contribution in [0.3, 0.4) is 0 Å². The summed E-state index contributed by atoms with van der Waals surface area (Å²) in [5, 5.41) is 14.2. The predicted molar refractivity (Wildman–Crippen MR) is 145 cm³/mol. The molecule has 3 N–H and O–H groups in total. The second-order valence-corrected chi connectivity index (χ2v) is 9.69. The molecule has 0 radical (unpaired) electrons. The topological polar surface area (TPSA) is 123 Å².